The first kappa shape index (κ1) is 14.8. The first-order chi connectivity index (χ1) is 8.81. The van der Waals surface area contributed by atoms with E-state index in [-0.39, 0.29) is 11.5 Å². The average Bonchev–Trinajstić information content (AvgIpc) is 2.35. The van der Waals surface area contributed by atoms with Gasteiger partial charge in [-0.05, 0) is 12.1 Å². The topological polar surface area (TPSA) is 87.7 Å². The summed E-state index contributed by atoms with van der Waals surface area (Å²) in [6.45, 7) is 0. The predicted octanol–water partition coefficient (Wildman–Crippen LogP) is 2.06. The Hall–Kier alpha value is -2.25. The Balaban J connectivity index is 2.65. The molecule has 1 aromatic carbocycles. The Kier molecular flexibility index (Phi) is 4.74. The van der Waals surface area contributed by atoms with E-state index < -0.39 is 24.9 Å². The van der Waals surface area contributed by atoms with Crippen molar-refractivity contribution in [1.82, 2.24) is 0 Å². The van der Waals surface area contributed by atoms with Gasteiger partial charge in [0, 0.05) is 17.7 Å². The molecule has 0 fully saturated rings. The fraction of sp³-hybridized carbons (Fsp3) is 0.273. The maximum atomic E-state index is 11.9. The highest BCUT2D eigenvalue weighted by molar-refractivity contribution is 5.99. The minimum Gasteiger partial charge on any atom is -0.409 e. The molecule has 8 heteroatoms. The van der Waals surface area contributed by atoms with Crippen LogP contribution in [0.4, 0.5) is 18.9 Å². The Labute approximate surface area is 106 Å². The van der Waals surface area contributed by atoms with Gasteiger partial charge in [-0.1, -0.05) is 17.3 Å². The fourth-order valence-corrected chi connectivity index (χ4v) is 1.29. The molecular weight excluding hydrogens is 263 g/mol. The zero-order chi connectivity index (χ0) is 14.5. The molecule has 1 amide bonds. The van der Waals surface area contributed by atoms with E-state index in [2.05, 4.69) is 10.5 Å². The molecule has 0 aliphatic carbocycles. The molecule has 0 unspecified atom stereocenters. The molecule has 0 spiro atoms. The van der Waals surface area contributed by atoms with Crippen LogP contribution in [-0.4, -0.2) is 23.1 Å². The summed E-state index contributed by atoms with van der Waals surface area (Å²) in [5.41, 5.74) is 5.97. The Morgan fingerprint density at radius 2 is 2.11 bits per heavy atom. The molecule has 0 aromatic heterocycles. The van der Waals surface area contributed by atoms with Crippen molar-refractivity contribution in [2.45, 2.75) is 19.0 Å². The van der Waals surface area contributed by atoms with Crippen LogP contribution in [0.15, 0.2) is 29.4 Å². The number of halogens is 3. The molecule has 1 aromatic rings. The Morgan fingerprint density at radius 3 is 2.68 bits per heavy atom. The normalized spacial score (nSPS) is 12.3. The molecule has 0 heterocycles. The summed E-state index contributed by atoms with van der Waals surface area (Å²) in [6.07, 6.45) is -6.21. The number of nitrogens with zero attached hydrogens (tertiary/aromatic N) is 1. The van der Waals surface area contributed by atoms with Crippen molar-refractivity contribution in [1.29, 1.82) is 0 Å². The third-order valence-electron chi connectivity index (χ3n) is 2.19. The SMILES string of the molecule is NC(=NO)c1cccc(NC(=O)CCC(F)(F)F)c1. The lowest BCUT2D eigenvalue weighted by Gasteiger charge is -2.08. The lowest BCUT2D eigenvalue weighted by atomic mass is 10.2. The Bertz CT molecular complexity index is 486. The molecular formula is C11H12F3N3O2. The quantitative estimate of drug-likeness (QED) is 0.340. The highest BCUT2D eigenvalue weighted by Gasteiger charge is 2.27. The second-order valence-corrected chi connectivity index (χ2v) is 3.73. The van der Waals surface area contributed by atoms with E-state index in [0.717, 1.165) is 0 Å². The third kappa shape index (κ3) is 5.28. The third-order valence-corrected chi connectivity index (χ3v) is 2.19. The van der Waals surface area contributed by atoms with E-state index in [1.807, 2.05) is 0 Å². The number of benzene rings is 1. The van der Waals surface area contributed by atoms with Crippen LogP contribution >= 0.6 is 0 Å². The highest BCUT2D eigenvalue weighted by atomic mass is 19.4. The molecule has 0 bridgehead atoms. The zero-order valence-corrected chi connectivity index (χ0v) is 9.74. The molecule has 0 atom stereocenters. The van der Waals surface area contributed by atoms with E-state index in [1.165, 1.54) is 24.3 Å². The summed E-state index contributed by atoms with van der Waals surface area (Å²) in [5, 5.41) is 13.6. The monoisotopic (exact) mass is 275 g/mol. The smallest absolute Gasteiger partial charge is 0.389 e. The molecule has 4 N–H and O–H groups in total. The minimum atomic E-state index is -4.37. The number of amidine groups is 1. The number of hydrogen-bond acceptors (Lipinski definition) is 3. The molecule has 19 heavy (non-hydrogen) atoms. The summed E-state index contributed by atoms with van der Waals surface area (Å²) in [7, 11) is 0. The van der Waals surface area contributed by atoms with Crippen molar-refractivity contribution < 1.29 is 23.2 Å². The summed E-state index contributed by atoms with van der Waals surface area (Å²) < 4.78 is 35.8. The lowest BCUT2D eigenvalue weighted by molar-refractivity contribution is -0.142. The molecule has 5 nitrogen and oxygen atoms in total. The molecule has 0 aliphatic rings. The fourth-order valence-electron chi connectivity index (χ4n) is 1.29. The number of nitrogens with two attached hydrogens (primary N) is 1. The maximum Gasteiger partial charge on any atom is 0.389 e. The van der Waals surface area contributed by atoms with E-state index in [0.29, 0.717) is 5.56 Å². The molecule has 0 saturated carbocycles. The van der Waals surface area contributed by atoms with Crippen LogP contribution in [0.5, 0.6) is 0 Å². The standard InChI is InChI=1S/C11H12F3N3O2/c12-11(13,14)5-4-9(18)16-8-3-1-2-7(6-8)10(15)17-19/h1-3,6,19H,4-5H2,(H2,15,17)(H,16,18). The number of rotatable bonds is 4. The maximum absolute atomic E-state index is 11.9. The number of anilines is 1. The predicted molar refractivity (Wildman–Crippen MR) is 62.9 cm³/mol. The van der Waals surface area contributed by atoms with E-state index in [1.54, 1.807) is 0 Å². The lowest BCUT2D eigenvalue weighted by Crippen LogP contribution is -2.17. The first-order valence-electron chi connectivity index (χ1n) is 5.26. The van der Waals surface area contributed by atoms with Gasteiger partial charge in [0.2, 0.25) is 5.91 Å². The van der Waals surface area contributed by atoms with Gasteiger partial charge in [-0.3, -0.25) is 4.79 Å². The van der Waals surface area contributed by atoms with Crippen LogP contribution in [0.1, 0.15) is 18.4 Å². The van der Waals surface area contributed by atoms with Crippen molar-refractivity contribution in [3.8, 4) is 0 Å². The van der Waals surface area contributed by atoms with Crippen LogP contribution < -0.4 is 11.1 Å². The summed E-state index contributed by atoms with van der Waals surface area (Å²) in [5.74, 6) is -0.916. The summed E-state index contributed by atoms with van der Waals surface area (Å²) in [6, 6.07) is 5.92. The van der Waals surface area contributed by atoms with Crippen molar-refractivity contribution in [2.75, 3.05) is 5.32 Å². The van der Waals surface area contributed by atoms with Crippen LogP contribution in [0.3, 0.4) is 0 Å². The number of carbonyl (C=O) groups excluding carboxylic acids is 1. The van der Waals surface area contributed by atoms with Crippen LogP contribution in [0.2, 0.25) is 0 Å². The van der Waals surface area contributed by atoms with Crippen LogP contribution in [0, 0.1) is 0 Å². The van der Waals surface area contributed by atoms with Crippen LogP contribution in [0.25, 0.3) is 0 Å². The van der Waals surface area contributed by atoms with Gasteiger partial charge in [0.15, 0.2) is 5.84 Å². The van der Waals surface area contributed by atoms with E-state index in [4.69, 9.17) is 10.9 Å². The number of nitrogens with one attached hydrogen (secondary N) is 1. The molecule has 1 rings (SSSR count). The summed E-state index contributed by atoms with van der Waals surface area (Å²) in [4.78, 5) is 11.3. The van der Waals surface area contributed by atoms with Gasteiger partial charge >= 0.3 is 6.18 Å². The van der Waals surface area contributed by atoms with Gasteiger partial charge in [0.1, 0.15) is 0 Å². The largest absolute Gasteiger partial charge is 0.409 e. The number of carbonyl (C=O) groups is 1. The number of alkyl halides is 3. The molecule has 0 aliphatic heterocycles. The van der Waals surface area contributed by atoms with Crippen molar-refractivity contribution in [3.05, 3.63) is 29.8 Å². The Morgan fingerprint density at radius 1 is 1.42 bits per heavy atom. The van der Waals surface area contributed by atoms with Gasteiger partial charge in [-0.2, -0.15) is 13.2 Å². The molecule has 0 radical (unpaired) electrons. The van der Waals surface area contributed by atoms with Crippen molar-refractivity contribution >= 4 is 17.4 Å². The van der Waals surface area contributed by atoms with Gasteiger partial charge in [0.05, 0.1) is 6.42 Å². The van der Waals surface area contributed by atoms with Gasteiger partial charge < -0.3 is 16.3 Å². The second kappa shape index (κ2) is 6.07. The van der Waals surface area contributed by atoms with Crippen molar-refractivity contribution in [3.63, 3.8) is 0 Å². The minimum absolute atomic E-state index is 0.161. The molecule has 0 saturated heterocycles. The van der Waals surface area contributed by atoms with E-state index in [9.17, 15) is 18.0 Å². The summed E-state index contributed by atoms with van der Waals surface area (Å²) >= 11 is 0. The first-order valence-corrected chi connectivity index (χ1v) is 5.26. The number of amides is 1. The van der Waals surface area contributed by atoms with E-state index >= 15 is 0 Å². The second-order valence-electron chi connectivity index (χ2n) is 3.73. The van der Waals surface area contributed by atoms with Crippen molar-refractivity contribution in [2.24, 2.45) is 10.9 Å². The number of oxime groups is 1. The average molecular weight is 275 g/mol. The van der Waals surface area contributed by atoms with Gasteiger partial charge in [-0.25, -0.2) is 0 Å². The van der Waals surface area contributed by atoms with Gasteiger partial charge in [-0.15, -0.1) is 0 Å². The molecule has 104 valence electrons. The number of hydrogen-bond donors (Lipinski definition) is 3. The van der Waals surface area contributed by atoms with Crippen LogP contribution in [-0.2, 0) is 4.79 Å². The highest BCUT2D eigenvalue weighted by Crippen LogP contribution is 2.21. The van der Waals surface area contributed by atoms with Gasteiger partial charge in [0.25, 0.3) is 0 Å². The zero-order valence-electron chi connectivity index (χ0n) is 9.74.